The number of amides is 1. The molecule has 0 aliphatic carbocycles. The Hall–Kier alpha value is -0.380. The van der Waals surface area contributed by atoms with Crippen molar-refractivity contribution in [3.8, 4) is 0 Å². The van der Waals surface area contributed by atoms with Crippen LogP contribution < -0.4 is 0 Å². The van der Waals surface area contributed by atoms with Gasteiger partial charge in [0.2, 0.25) is 5.91 Å². The van der Waals surface area contributed by atoms with Crippen LogP contribution in [0.15, 0.2) is 23.1 Å². The Bertz CT molecular complexity index is 481. The van der Waals surface area contributed by atoms with Gasteiger partial charge in [0.15, 0.2) is 0 Å². The minimum absolute atomic E-state index is 0.138. The zero-order chi connectivity index (χ0) is 14.0. The average Bonchev–Trinajstić information content (AvgIpc) is 2.79. The summed E-state index contributed by atoms with van der Waals surface area (Å²) in [6.45, 7) is 5.84. The van der Waals surface area contributed by atoms with E-state index in [0.29, 0.717) is 16.0 Å². The molecule has 1 fully saturated rings. The summed E-state index contributed by atoms with van der Waals surface area (Å²) in [5.74, 6) is 0.793. The van der Waals surface area contributed by atoms with Crippen LogP contribution >= 0.6 is 35.0 Å². The van der Waals surface area contributed by atoms with E-state index in [1.54, 1.807) is 12.1 Å². The molecule has 0 N–H and O–H groups in total. The lowest BCUT2D eigenvalue weighted by Gasteiger charge is -2.20. The number of nitrogens with zero attached hydrogens (tertiary/aromatic N) is 1. The second-order valence-electron chi connectivity index (χ2n) is 5.01. The van der Waals surface area contributed by atoms with E-state index < -0.39 is 0 Å². The minimum Gasteiger partial charge on any atom is -0.341 e. The number of benzene rings is 1. The predicted octanol–water partition coefficient (Wildman–Crippen LogP) is 4.34. The largest absolute Gasteiger partial charge is 0.341 e. The maximum Gasteiger partial charge on any atom is 0.235 e. The maximum atomic E-state index is 12.3. The van der Waals surface area contributed by atoms with Crippen molar-refractivity contribution in [2.24, 2.45) is 5.92 Å². The van der Waals surface area contributed by atoms with Crippen molar-refractivity contribution in [3.63, 3.8) is 0 Å². The van der Waals surface area contributed by atoms with Crippen LogP contribution in [0.1, 0.15) is 20.3 Å². The number of rotatable bonds is 3. The lowest BCUT2D eigenvalue weighted by atomic mass is 10.2. The first-order valence-corrected chi connectivity index (χ1v) is 8.01. The molecule has 0 aromatic heterocycles. The monoisotopic (exact) mass is 317 g/mol. The quantitative estimate of drug-likeness (QED) is 0.773. The van der Waals surface area contributed by atoms with Gasteiger partial charge in [-0.25, -0.2) is 0 Å². The maximum absolute atomic E-state index is 12.3. The van der Waals surface area contributed by atoms with Gasteiger partial charge in [-0.15, -0.1) is 11.8 Å². The van der Waals surface area contributed by atoms with E-state index in [-0.39, 0.29) is 11.2 Å². The molecule has 1 saturated heterocycles. The lowest BCUT2D eigenvalue weighted by Crippen LogP contribution is -2.34. The van der Waals surface area contributed by atoms with Crippen molar-refractivity contribution in [3.05, 3.63) is 28.2 Å². The fraction of sp³-hybridized carbons (Fsp3) is 0.500. The van der Waals surface area contributed by atoms with E-state index in [1.807, 2.05) is 17.9 Å². The molecule has 2 unspecified atom stereocenters. The molecule has 0 bridgehead atoms. The topological polar surface area (TPSA) is 20.3 Å². The van der Waals surface area contributed by atoms with Gasteiger partial charge in [0.05, 0.1) is 10.3 Å². The third-order valence-corrected chi connectivity index (χ3v) is 5.10. The fourth-order valence-corrected chi connectivity index (χ4v) is 3.70. The van der Waals surface area contributed by atoms with E-state index in [9.17, 15) is 4.79 Å². The first-order chi connectivity index (χ1) is 8.97. The van der Waals surface area contributed by atoms with E-state index in [1.165, 1.54) is 11.8 Å². The minimum atomic E-state index is -0.138. The van der Waals surface area contributed by atoms with Crippen LogP contribution in [0, 0.1) is 5.92 Å². The third-order valence-electron chi connectivity index (χ3n) is 3.28. The molecular weight excluding hydrogens is 301 g/mol. The molecule has 1 heterocycles. The highest BCUT2D eigenvalue weighted by atomic mass is 35.5. The van der Waals surface area contributed by atoms with E-state index in [4.69, 9.17) is 23.2 Å². The van der Waals surface area contributed by atoms with Crippen LogP contribution in [0.5, 0.6) is 0 Å². The predicted molar refractivity (Wildman–Crippen MR) is 82.1 cm³/mol. The molecule has 1 amide bonds. The van der Waals surface area contributed by atoms with Gasteiger partial charge in [-0.3, -0.25) is 4.79 Å². The van der Waals surface area contributed by atoms with Gasteiger partial charge in [-0.2, -0.15) is 0 Å². The molecule has 2 atom stereocenters. The molecular formula is C14H17Cl2NOS. The second kappa shape index (κ2) is 6.38. The molecule has 0 saturated carbocycles. The number of hydrogen-bond donors (Lipinski definition) is 0. The highest BCUT2D eigenvalue weighted by Crippen LogP contribution is 2.33. The van der Waals surface area contributed by atoms with Crippen LogP contribution in [0.2, 0.25) is 10.0 Å². The van der Waals surface area contributed by atoms with Gasteiger partial charge >= 0.3 is 0 Å². The standard InChI is InChI=1S/C14H17Cl2NOS/c1-9-5-6-17(8-9)14(18)10(2)19-13-7-11(15)3-4-12(13)16/h3-4,7,9-10H,5-6,8H2,1-2H3. The smallest absolute Gasteiger partial charge is 0.235 e. The molecule has 0 spiro atoms. The Balaban J connectivity index is 2.02. The highest BCUT2D eigenvalue weighted by Gasteiger charge is 2.27. The molecule has 5 heteroatoms. The van der Waals surface area contributed by atoms with Gasteiger partial charge in [-0.05, 0) is 37.5 Å². The average molecular weight is 318 g/mol. The Labute approximate surface area is 128 Å². The van der Waals surface area contributed by atoms with E-state index in [0.717, 1.165) is 24.4 Å². The summed E-state index contributed by atoms with van der Waals surface area (Å²) in [6, 6.07) is 5.33. The molecule has 1 aliphatic rings. The number of thioether (sulfide) groups is 1. The first kappa shape index (κ1) is 15.0. The Morgan fingerprint density at radius 1 is 1.47 bits per heavy atom. The van der Waals surface area contributed by atoms with E-state index in [2.05, 4.69) is 6.92 Å². The van der Waals surface area contributed by atoms with Gasteiger partial charge in [0.1, 0.15) is 0 Å². The van der Waals surface area contributed by atoms with Crippen molar-refractivity contribution in [1.29, 1.82) is 0 Å². The Kier molecular flexibility index (Phi) is 5.04. The summed E-state index contributed by atoms with van der Waals surface area (Å²) in [4.78, 5) is 15.1. The van der Waals surface area contributed by atoms with Crippen molar-refractivity contribution < 1.29 is 4.79 Å². The molecule has 1 aromatic rings. The lowest BCUT2D eigenvalue weighted by molar-refractivity contribution is -0.129. The van der Waals surface area contributed by atoms with Crippen molar-refractivity contribution in [2.75, 3.05) is 13.1 Å². The van der Waals surface area contributed by atoms with Crippen molar-refractivity contribution in [1.82, 2.24) is 4.90 Å². The van der Waals surface area contributed by atoms with Crippen LogP contribution in [0.3, 0.4) is 0 Å². The van der Waals surface area contributed by atoms with Gasteiger partial charge in [0.25, 0.3) is 0 Å². The first-order valence-electron chi connectivity index (χ1n) is 6.38. The number of hydrogen-bond acceptors (Lipinski definition) is 2. The molecule has 0 radical (unpaired) electrons. The summed E-state index contributed by atoms with van der Waals surface area (Å²) in [6.07, 6.45) is 1.10. The fourth-order valence-electron chi connectivity index (χ4n) is 2.20. The zero-order valence-corrected chi connectivity index (χ0v) is 13.4. The number of carbonyl (C=O) groups is 1. The van der Waals surface area contributed by atoms with Gasteiger partial charge in [-0.1, -0.05) is 30.1 Å². The van der Waals surface area contributed by atoms with Crippen LogP contribution in [-0.4, -0.2) is 29.1 Å². The van der Waals surface area contributed by atoms with Crippen molar-refractivity contribution >= 4 is 40.9 Å². The highest BCUT2D eigenvalue weighted by molar-refractivity contribution is 8.00. The number of halogens is 2. The van der Waals surface area contributed by atoms with E-state index >= 15 is 0 Å². The third kappa shape index (κ3) is 3.80. The Morgan fingerprint density at radius 2 is 2.21 bits per heavy atom. The molecule has 1 aromatic carbocycles. The molecule has 19 heavy (non-hydrogen) atoms. The van der Waals surface area contributed by atoms with Crippen LogP contribution in [0.4, 0.5) is 0 Å². The van der Waals surface area contributed by atoms with Crippen LogP contribution in [0.25, 0.3) is 0 Å². The molecule has 2 nitrogen and oxygen atoms in total. The molecule has 104 valence electrons. The summed E-state index contributed by atoms with van der Waals surface area (Å²) in [5.41, 5.74) is 0. The normalized spacial score (nSPS) is 20.6. The van der Waals surface area contributed by atoms with Gasteiger partial charge in [0, 0.05) is 23.0 Å². The second-order valence-corrected chi connectivity index (χ2v) is 7.24. The number of carbonyl (C=O) groups excluding carboxylic acids is 1. The SMILES string of the molecule is CC1CCN(C(=O)C(C)Sc2cc(Cl)ccc2Cl)C1. The zero-order valence-electron chi connectivity index (χ0n) is 11.0. The van der Waals surface area contributed by atoms with Crippen LogP contribution in [-0.2, 0) is 4.79 Å². The summed E-state index contributed by atoms with van der Waals surface area (Å²) >= 11 is 13.6. The Morgan fingerprint density at radius 3 is 2.84 bits per heavy atom. The molecule has 2 rings (SSSR count). The number of likely N-dealkylation sites (tertiary alicyclic amines) is 1. The summed E-state index contributed by atoms with van der Waals surface area (Å²) < 4.78 is 0. The van der Waals surface area contributed by atoms with Crippen molar-refractivity contribution in [2.45, 2.75) is 30.4 Å². The molecule has 1 aliphatic heterocycles. The summed E-state index contributed by atoms with van der Waals surface area (Å²) in [7, 11) is 0. The van der Waals surface area contributed by atoms with Gasteiger partial charge < -0.3 is 4.90 Å². The summed E-state index contributed by atoms with van der Waals surface area (Å²) in [5, 5.41) is 1.14.